The molecule has 2 N–H and O–H groups in total. The van der Waals surface area contributed by atoms with E-state index in [1.807, 2.05) is 0 Å². The van der Waals surface area contributed by atoms with Crippen molar-refractivity contribution in [2.45, 2.75) is 58.8 Å². The van der Waals surface area contributed by atoms with Crippen LogP contribution in [0.4, 0.5) is 5.82 Å². The molecule has 0 saturated heterocycles. The molecular weight excluding hydrogens is 349 g/mol. The third-order valence-electron chi connectivity index (χ3n) is 3.95. The number of rotatable bonds is 3. The Morgan fingerprint density at radius 2 is 1.84 bits per heavy atom. The number of hydrogen-bond donors (Lipinski definition) is 1. The lowest BCUT2D eigenvalue weighted by Gasteiger charge is -2.25. The maximum atomic E-state index is 6.07. The predicted octanol–water partition coefficient (Wildman–Crippen LogP) is 4.16. The Bertz CT molecular complexity index is 437. The van der Waals surface area contributed by atoms with Gasteiger partial charge in [0, 0.05) is 5.92 Å². The first-order chi connectivity index (χ1) is 8.97. The second kappa shape index (κ2) is 6.37. The number of aromatic nitrogens is 2. The van der Waals surface area contributed by atoms with E-state index in [2.05, 4.69) is 48.3 Å². The van der Waals surface area contributed by atoms with Gasteiger partial charge in [0.15, 0.2) is 0 Å². The summed E-state index contributed by atoms with van der Waals surface area (Å²) in [6.45, 7) is 6.77. The van der Waals surface area contributed by atoms with Gasteiger partial charge in [-0.3, -0.25) is 0 Å². The monoisotopic (exact) mass is 373 g/mol. The number of anilines is 1. The molecular formula is C15H24IN3. The number of nitrogens with two attached hydrogens (primary N) is 1. The van der Waals surface area contributed by atoms with E-state index in [1.54, 1.807) is 0 Å². The average molecular weight is 373 g/mol. The average Bonchev–Trinajstić information content (AvgIpc) is 2.35. The van der Waals surface area contributed by atoms with Gasteiger partial charge in [0.05, 0.1) is 9.26 Å². The fraction of sp³-hybridized carbons (Fsp3) is 0.733. The van der Waals surface area contributed by atoms with E-state index in [0.717, 1.165) is 27.4 Å². The molecule has 1 fully saturated rings. The van der Waals surface area contributed by atoms with Crippen LogP contribution in [-0.4, -0.2) is 9.97 Å². The molecule has 1 saturated carbocycles. The maximum Gasteiger partial charge on any atom is 0.140 e. The van der Waals surface area contributed by atoms with E-state index in [0.29, 0.717) is 17.7 Å². The van der Waals surface area contributed by atoms with Gasteiger partial charge in [0.1, 0.15) is 11.6 Å². The Morgan fingerprint density at radius 3 is 2.42 bits per heavy atom. The summed E-state index contributed by atoms with van der Waals surface area (Å²) in [5, 5.41) is 0. The van der Waals surface area contributed by atoms with Gasteiger partial charge in [-0.1, -0.05) is 33.6 Å². The van der Waals surface area contributed by atoms with Gasteiger partial charge in [-0.15, -0.1) is 0 Å². The highest BCUT2D eigenvalue weighted by Gasteiger charge is 2.23. The van der Waals surface area contributed by atoms with Crippen molar-refractivity contribution >= 4 is 28.4 Å². The zero-order valence-corrected chi connectivity index (χ0v) is 14.3. The summed E-state index contributed by atoms with van der Waals surface area (Å²) in [5.41, 5.74) is 7.21. The van der Waals surface area contributed by atoms with Crippen molar-refractivity contribution in [2.24, 2.45) is 11.8 Å². The Balaban J connectivity index is 2.23. The first-order valence-electron chi connectivity index (χ1n) is 7.29. The normalized spacial score (nSPS) is 23.8. The maximum absolute atomic E-state index is 6.07. The second-order valence-corrected chi connectivity index (χ2v) is 7.36. The summed E-state index contributed by atoms with van der Waals surface area (Å²) in [6.07, 6.45) is 5.99. The molecule has 0 aromatic carbocycles. The van der Waals surface area contributed by atoms with Gasteiger partial charge < -0.3 is 5.73 Å². The minimum Gasteiger partial charge on any atom is -0.383 e. The standard InChI is InChI=1S/C15H24IN3/c1-9(2)8-12-13(16)14(17)19-15(18-12)11-6-4-10(3)5-7-11/h9-11H,4-8H2,1-3H3,(H2,17,18,19). The minimum atomic E-state index is 0.515. The number of hydrogen-bond acceptors (Lipinski definition) is 3. The third kappa shape index (κ3) is 3.80. The molecule has 106 valence electrons. The second-order valence-electron chi connectivity index (χ2n) is 6.28. The first kappa shape index (κ1) is 15.0. The smallest absolute Gasteiger partial charge is 0.140 e. The lowest BCUT2D eigenvalue weighted by Crippen LogP contribution is -2.16. The molecule has 1 aromatic heterocycles. The molecule has 1 aliphatic carbocycles. The molecule has 1 heterocycles. The molecule has 0 bridgehead atoms. The fourth-order valence-corrected chi connectivity index (χ4v) is 3.22. The Labute approximate surface area is 129 Å². The molecule has 0 atom stereocenters. The van der Waals surface area contributed by atoms with E-state index in [9.17, 15) is 0 Å². The van der Waals surface area contributed by atoms with Crippen molar-refractivity contribution in [3.05, 3.63) is 15.1 Å². The van der Waals surface area contributed by atoms with Crippen LogP contribution in [0.3, 0.4) is 0 Å². The Kier molecular flexibility index (Phi) is 5.03. The molecule has 0 aliphatic heterocycles. The van der Waals surface area contributed by atoms with E-state index in [4.69, 9.17) is 10.7 Å². The molecule has 0 amide bonds. The van der Waals surface area contributed by atoms with Crippen molar-refractivity contribution in [2.75, 3.05) is 5.73 Å². The summed E-state index contributed by atoms with van der Waals surface area (Å²) < 4.78 is 1.04. The quantitative estimate of drug-likeness (QED) is 0.810. The van der Waals surface area contributed by atoms with Crippen molar-refractivity contribution in [3.63, 3.8) is 0 Å². The molecule has 1 aliphatic rings. The summed E-state index contributed by atoms with van der Waals surface area (Å²) >= 11 is 2.28. The summed E-state index contributed by atoms with van der Waals surface area (Å²) in [6, 6.07) is 0. The van der Waals surface area contributed by atoms with Gasteiger partial charge in [0.2, 0.25) is 0 Å². The highest BCUT2D eigenvalue weighted by Crippen LogP contribution is 2.35. The molecule has 2 rings (SSSR count). The van der Waals surface area contributed by atoms with Crippen LogP contribution in [0.2, 0.25) is 0 Å². The summed E-state index contributed by atoms with van der Waals surface area (Å²) in [5.74, 6) is 3.62. The van der Waals surface area contributed by atoms with Crippen LogP contribution in [0.25, 0.3) is 0 Å². The summed E-state index contributed by atoms with van der Waals surface area (Å²) in [7, 11) is 0. The van der Waals surface area contributed by atoms with Crippen LogP contribution in [0.5, 0.6) is 0 Å². The van der Waals surface area contributed by atoms with E-state index < -0.39 is 0 Å². The topological polar surface area (TPSA) is 51.8 Å². The van der Waals surface area contributed by atoms with Crippen molar-refractivity contribution in [3.8, 4) is 0 Å². The van der Waals surface area contributed by atoms with Crippen LogP contribution >= 0.6 is 22.6 Å². The minimum absolute atomic E-state index is 0.515. The lowest BCUT2D eigenvalue weighted by atomic mass is 9.82. The van der Waals surface area contributed by atoms with Gasteiger partial charge in [0.25, 0.3) is 0 Å². The van der Waals surface area contributed by atoms with Gasteiger partial charge in [-0.05, 0) is 53.7 Å². The third-order valence-corrected chi connectivity index (χ3v) is 5.12. The van der Waals surface area contributed by atoms with Crippen molar-refractivity contribution in [1.82, 2.24) is 9.97 Å². The largest absolute Gasteiger partial charge is 0.383 e. The van der Waals surface area contributed by atoms with Gasteiger partial charge >= 0.3 is 0 Å². The van der Waals surface area contributed by atoms with Crippen molar-refractivity contribution in [1.29, 1.82) is 0 Å². The highest BCUT2D eigenvalue weighted by atomic mass is 127. The summed E-state index contributed by atoms with van der Waals surface area (Å²) in [4.78, 5) is 9.37. The number of nitrogen functional groups attached to an aromatic ring is 1. The predicted molar refractivity (Wildman–Crippen MR) is 88.1 cm³/mol. The van der Waals surface area contributed by atoms with Gasteiger partial charge in [-0.2, -0.15) is 0 Å². The lowest BCUT2D eigenvalue weighted by molar-refractivity contribution is 0.339. The van der Waals surface area contributed by atoms with Crippen molar-refractivity contribution < 1.29 is 0 Å². The fourth-order valence-electron chi connectivity index (χ4n) is 2.76. The Morgan fingerprint density at radius 1 is 1.21 bits per heavy atom. The molecule has 3 nitrogen and oxygen atoms in total. The molecule has 1 aromatic rings. The number of halogens is 1. The van der Waals surface area contributed by atoms with Crippen LogP contribution in [0.15, 0.2) is 0 Å². The molecule has 0 unspecified atom stereocenters. The highest BCUT2D eigenvalue weighted by molar-refractivity contribution is 14.1. The first-order valence-corrected chi connectivity index (χ1v) is 8.37. The van der Waals surface area contributed by atoms with Crippen LogP contribution < -0.4 is 5.73 Å². The van der Waals surface area contributed by atoms with E-state index in [1.165, 1.54) is 25.7 Å². The Hall–Kier alpha value is -0.390. The molecule has 19 heavy (non-hydrogen) atoms. The molecule has 4 heteroatoms. The van der Waals surface area contributed by atoms with E-state index >= 15 is 0 Å². The van der Waals surface area contributed by atoms with Crippen LogP contribution in [-0.2, 0) is 6.42 Å². The molecule has 0 radical (unpaired) electrons. The SMILES string of the molecule is CC(C)Cc1nc(C2CCC(C)CC2)nc(N)c1I. The van der Waals surface area contributed by atoms with E-state index in [-0.39, 0.29) is 0 Å². The van der Waals surface area contributed by atoms with Crippen LogP contribution in [0.1, 0.15) is 63.9 Å². The van der Waals surface area contributed by atoms with Gasteiger partial charge in [-0.25, -0.2) is 9.97 Å². The number of nitrogens with zero attached hydrogens (tertiary/aromatic N) is 2. The zero-order chi connectivity index (χ0) is 14.0. The van der Waals surface area contributed by atoms with Crippen LogP contribution in [0, 0.1) is 15.4 Å². The zero-order valence-electron chi connectivity index (χ0n) is 12.1. The molecule has 0 spiro atoms.